The Morgan fingerprint density at radius 2 is 1.15 bits per heavy atom. The van der Waals surface area contributed by atoms with Crippen LogP contribution in [0.2, 0.25) is 0 Å². The minimum Gasteiger partial charge on any atom is -0.515 e. The predicted octanol–water partition coefficient (Wildman–Crippen LogP) is 5.19. The van der Waals surface area contributed by atoms with Gasteiger partial charge in [-0.1, -0.05) is 32.6 Å². The molecule has 0 saturated heterocycles. The van der Waals surface area contributed by atoms with Crippen LogP contribution >= 0.6 is 0 Å². The molecule has 0 aromatic rings. The molecule has 0 aromatic heterocycles. The number of hydrogen-bond acceptors (Lipinski definition) is 0. The second-order valence-corrected chi connectivity index (χ2v) is 4.29. The molecule has 0 nitrogen and oxygen atoms in total. The summed E-state index contributed by atoms with van der Waals surface area (Å²) in [7, 11) is 0. The van der Waals surface area contributed by atoms with E-state index in [2.05, 4.69) is 13.8 Å². The van der Waals surface area contributed by atoms with Crippen LogP contribution in [-0.4, -0.2) is 0 Å². The smallest absolute Gasteiger partial charge is 0.515 e. The third-order valence-corrected chi connectivity index (χ3v) is 2.46. The molecule has 0 aromatic carbocycles. The zero-order chi connectivity index (χ0) is 14.2. The second-order valence-electron chi connectivity index (χ2n) is 4.29. The summed E-state index contributed by atoms with van der Waals surface area (Å²) < 4.78 is 0. The summed E-state index contributed by atoms with van der Waals surface area (Å²) in [5, 5.41) is 0. The maximum absolute atomic E-state index is 5.65. The van der Waals surface area contributed by atoms with Crippen molar-refractivity contribution in [3.63, 3.8) is 0 Å². The van der Waals surface area contributed by atoms with Gasteiger partial charge in [-0.05, 0) is 64.2 Å². The molecule has 1 heteroatoms. The standard InChI is InChI=1S/C9H16.2C5H5.Zr/c1-4-6-8-9(3)7-5-2;2*1-2-4-5-3-1;/h3H,2,4-8H2,1H3;2*1-5H;/q-2;;;+4. The maximum Gasteiger partial charge on any atom is 4.00 e. The van der Waals surface area contributed by atoms with Gasteiger partial charge in [0.15, 0.2) is 0 Å². The summed E-state index contributed by atoms with van der Waals surface area (Å²) in [4.78, 5) is 0. The van der Waals surface area contributed by atoms with E-state index in [9.17, 15) is 0 Å². The normalized spacial score (nSPS) is 16.3. The van der Waals surface area contributed by atoms with Gasteiger partial charge in [0.25, 0.3) is 0 Å². The fraction of sp³-hybridized carbons (Fsp3) is 0.316. The van der Waals surface area contributed by atoms with E-state index in [0.29, 0.717) is 0 Å². The minimum absolute atomic E-state index is 0. The van der Waals surface area contributed by atoms with Gasteiger partial charge in [-0.15, -0.1) is 0 Å². The first kappa shape index (κ1) is 22.9. The van der Waals surface area contributed by atoms with E-state index in [1.165, 1.54) is 12.8 Å². The summed E-state index contributed by atoms with van der Waals surface area (Å²) in [6, 6.07) is 0. The van der Waals surface area contributed by atoms with Crippen molar-refractivity contribution in [2.45, 2.75) is 39.0 Å². The van der Waals surface area contributed by atoms with Crippen LogP contribution in [0.25, 0.3) is 0 Å². The second kappa shape index (κ2) is 19.6. The average Bonchev–Trinajstić information content (AvgIpc) is 3.12. The van der Waals surface area contributed by atoms with Crippen molar-refractivity contribution in [2.75, 3.05) is 0 Å². The van der Waals surface area contributed by atoms with Crippen LogP contribution < -0.4 is 0 Å². The van der Waals surface area contributed by atoms with Crippen molar-refractivity contribution in [1.82, 2.24) is 0 Å². The van der Waals surface area contributed by atoms with Crippen LogP contribution in [0, 0.1) is 77.7 Å². The summed E-state index contributed by atoms with van der Waals surface area (Å²) in [6.07, 6.45) is 25.5. The van der Waals surface area contributed by atoms with Crippen LogP contribution in [-0.2, 0) is 26.2 Å². The van der Waals surface area contributed by atoms with Crippen molar-refractivity contribution in [1.29, 1.82) is 0 Å². The summed E-state index contributed by atoms with van der Waals surface area (Å²) in [5.41, 5.74) is 1.12. The van der Waals surface area contributed by atoms with E-state index in [0.717, 1.165) is 24.8 Å². The van der Waals surface area contributed by atoms with Crippen molar-refractivity contribution in [3.05, 3.63) is 83.3 Å². The van der Waals surface area contributed by atoms with Gasteiger partial charge in [-0.2, -0.15) is 6.42 Å². The largest absolute Gasteiger partial charge is 4.00 e. The molecular formula is C19H26Zr+2. The molecule has 0 bridgehead atoms. The van der Waals surface area contributed by atoms with E-state index in [1.54, 1.807) is 0 Å². The van der Waals surface area contributed by atoms with Gasteiger partial charge < -0.3 is 13.5 Å². The Bertz CT molecular complexity index is 153. The van der Waals surface area contributed by atoms with Gasteiger partial charge in [-0.25, -0.2) is 0 Å². The van der Waals surface area contributed by atoms with Gasteiger partial charge in [-0.3, -0.25) is 5.57 Å². The number of allylic oxidation sites excluding steroid dienone is 1. The van der Waals surface area contributed by atoms with Gasteiger partial charge in [0, 0.05) is 0 Å². The fourth-order valence-corrected chi connectivity index (χ4v) is 1.40. The summed E-state index contributed by atoms with van der Waals surface area (Å²) >= 11 is 0. The third kappa shape index (κ3) is 18.6. The van der Waals surface area contributed by atoms with Crippen LogP contribution in [0.5, 0.6) is 0 Å². The molecule has 0 spiro atoms. The van der Waals surface area contributed by atoms with Crippen molar-refractivity contribution >= 4 is 0 Å². The van der Waals surface area contributed by atoms with Crippen molar-refractivity contribution < 1.29 is 26.2 Å². The number of rotatable bonds is 5. The van der Waals surface area contributed by atoms with Crippen molar-refractivity contribution in [2.24, 2.45) is 0 Å². The zero-order valence-electron chi connectivity index (χ0n) is 12.6. The molecule has 0 atom stereocenters. The van der Waals surface area contributed by atoms with E-state index in [-0.39, 0.29) is 26.2 Å². The van der Waals surface area contributed by atoms with Crippen LogP contribution in [0.1, 0.15) is 39.0 Å². The van der Waals surface area contributed by atoms with E-state index >= 15 is 0 Å². The molecule has 104 valence electrons. The first-order chi connectivity index (χ1) is 9.31. The third-order valence-electron chi connectivity index (χ3n) is 2.46. The van der Waals surface area contributed by atoms with Gasteiger partial charge in [0.1, 0.15) is 0 Å². The molecule has 0 amide bonds. The summed E-state index contributed by atoms with van der Waals surface area (Å²) in [5.74, 6) is 0. The molecule has 0 aliphatic heterocycles. The Morgan fingerprint density at radius 3 is 1.40 bits per heavy atom. The topological polar surface area (TPSA) is 0 Å². The SMILES string of the molecule is [CH-]=C(CC[CH2-])CCCC.[CH]1[CH][CH][CH][CH]1.[CH]1[CH][CH][CH][CH]1.[Zr+4]. The molecule has 0 heterocycles. The Hall–Kier alpha value is 0.623. The Balaban J connectivity index is 0. The Morgan fingerprint density at radius 1 is 0.800 bits per heavy atom. The molecule has 2 aliphatic carbocycles. The van der Waals surface area contributed by atoms with Crippen LogP contribution in [0.15, 0.2) is 5.57 Å². The van der Waals surface area contributed by atoms with Crippen LogP contribution in [0.4, 0.5) is 0 Å². The average molecular weight is 346 g/mol. The van der Waals surface area contributed by atoms with Gasteiger partial charge >= 0.3 is 26.2 Å². The molecule has 0 N–H and O–H groups in total. The molecule has 2 rings (SSSR count). The summed E-state index contributed by atoms with van der Waals surface area (Å²) in [6.45, 7) is 11.6. The fourth-order valence-electron chi connectivity index (χ4n) is 1.40. The Kier molecular flexibility index (Phi) is 22.5. The number of hydrogen-bond donors (Lipinski definition) is 0. The predicted molar refractivity (Wildman–Crippen MR) is 84.9 cm³/mol. The van der Waals surface area contributed by atoms with Gasteiger partial charge in [0.2, 0.25) is 0 Å². The first-order valence-electron chi connectivity index (χ1n) is 7.04. The molecule has 2 fully saturated rings. The molecule has 20 heavy (non-hydrogen) atoms. The zero-order valence-corrected chi connectivity index (χ0v) is 15.1. The quantitative estimate of drug-likeness (QED) is 0.601. The Labute approximate surface area is 148 Å². The van der Waals surface area contributed by atoms with Gasteiger partial charge in [0.05, 0.1) is 0 Å². The van der Waals surface area contributed by atoms with E-state index in [4.69, 9.17) is 6.58 Å². The monoisotopic (exact) mass is 344 g/mol. The maximum atomic E-state index is 5.65. The molecule has 0 unspecified atom stereocenters. The molecular weight excluding hydrogens is 319 g/mol. The van der Waals surface area contributed by atoms with Crippen molar-refractivity contribution in [3.8, 4) is 0 Å². The van der Waals surface area contributed by atoms with E-state index in [1.807, 2.05) is 64.2 Å². The molecule has 2 saturated carbocycles. The van der Waals surface area contributed by atoms with E-state index < -0.39 is 0 Å². The molecule has 10 radical (unpaired) electrons. The number of unbranched alkanes of at least 4 members (excludes halogenated alkanes) is 1. The van der Waals surface area contributed by atoms with Crippen LogP contribution in [0.3, 0.4) is 0 Å². The first-order valence-corrected chi connectivity index (χ1v) is 7.04. The minimum atomic E-state index is 0. The molecule has 2 aliphatic rings.